The molecule has 24 heavy (non-hydrogen) atoms. The molecule has 0 bridgehead atoms. The number of hydrogen-bond acceptors (Lipinski definition) is 3. The molecule has 1 saturated heterocycles. The summed E-state index contributed by atoms with van der Waals surface area (Å²) in [6.07, 6.45) is 6.18. The fraction of sp³-hybridized carbons (Fsp3) is 0.632. The molecule has 0 spiro atoms. The van der Waals surface area contributed by atoms with Crippen molar-refractivity contribution >= 4 is 5.96 Å². The third-order valence-electron chi connectivity index (χ3n) is 4.48. The highest BCUT2D eigenvalue weighted by atomic mass is 16.5. The normalized spacial score (nSPS) is 15.5. The van der Waals surface area contributed by atoms with Crippen molar-refractivity contribution in [1.82, 2.24) is 15.5 Å². The average molecular weight is 332 g/mol. The first-order valence-corrected chi connectivity index (χ1v) is 9.11. The van der Waals surface area contributed by atoms with E-state index < -0.39 is 0 Å². The van der Waals surface area contributed by atoms with Crippen LogP contribution in [0, 0.1) is 0 Å². The predicted octanol–water partition coefficient (Wildman–Crippen LogP) is 2.28. The summed E-state index contributed by atoms with van der Waals surface area (Å²) in [5, 5.41) is 6.78. The molecule has 0 amide bonds. The zero-order valence-corrected chi connectivity index (χ0v) is 15.2. The van der Waals surface area contributed by atoms with Gasteiger partial charge >= 0.3 is 0 Å². The highest BCUT2D eigenvalue weighted by Crippen LogP contribution is 2.11. The molecule has 0 aromatic heterocycles. The Morgan fingerprint density at radius 2 is 1.79 bits per heavy atom. The Morgan fingerprint density at radius 1 is 1.08 bits per heavy atom. The molecule has 1 aliphatic heterocycles. The molecule has 1 aromatic rings. The zero-order chi connectivity index (χ0) is 17.0. The second-order valence-electron chi connectivity index (χ2n) is 6.28. The third-order valence-corrected chi connectivity index (χ3v) is 4.48. The van der Waals surface area contributed by atoms with E-state index in [4.69, 9.17) is 4.74 Å². The summed E-state index contributed by atoms with van der Waals surface area (Å²) in [6.45, 7) is 5.69. The zero-order valence-electron chi connectivity index (χ0n) is 15.2. The van der Waals surface area contributed by atoms with E-state index in [1.807, 2.05) is 19.2 Å². The van der Waals surface area contributed by atoms with Crippen molar-refractivity contribution in [2.24, 2.45) is 4.99 Å². The van der Waals surface area contributed by atoms with E-state index in [0.717, 1.165) is 31.2 Å². The van der Waals surface area contributed by atoms with E-state index >= 15 is 0 Å². The van der Waals surface area contributed by atoms with Crippen molar-refractivity contribution in [3.05, 3.63) is 29.8 Å². The largest absolute Gasteiger partial charge is 0.497 e. The van der Waals surface area contributed by atoms with Gasteiger partial charge in [0.2, 0.25) is 0 Å². The molecule has 1 aliphatic rings. The number of likely N-dealkylation sites (tertiary alicyclic amines) is 1. The van der Waals surface area contributed by atoms with E-state index in [1.165, 1.54) is 50.9 Å². The number of benzene rings is 1. The highest BCUT2D eigenvalue weighted by Gasteiger charge is 2.09. The van der Waals surface area contributed by atoms with Crippen LogP contribution in [-0.4, -0.2) is 57.7 Å². The lowest BCUT2D eigenvalue weighted by Crippen LogP contribution is -2.38. The van der Waals surface area contributed by atoms with Gasteiger partial charge in [-0.15, -0.1) is 0 Å². The summed E-state index contributed by atoms with van der Waals surface area (Å²) in [5.74, 6) is 1.79. The van der Waals surface area contributed by atoms with E-state index in [-0.39, 0.29) is 0 Å². The van der Waals surface area contributed by atoms with Crippen LogP contribution < -0.4 is 15.4 Å². The molecule has 1 aromatic carbocycles. The lowest BCUT2D eigenvalue weighted by Gasteiger charge is -2.15. The third kappa shape index (κ3) is 6.79. The number of ether oxygens (including phenoxy) is 1. The standard InChI is InChI=1S/C19H32N4O/c1-20-19(21-12-3-4-14-23-15-5-6-16-23)22-13-11-17-7-9-18(24-2)10-8-17/h7-10H,3-6,11-16H2,1-2H3,(H2,20,21,22). The van der Waals surface area contributed by atoms with Gasteiger partial charge < -0.3 is 20.3 Å². The number of rotatable bonds is 9. The molecule has 2 N–H and O–H groups in total. The Bertz CT molecular complexity index is 481. The molecule has 5 heteroatoms. The van der Waals surface area contributed by atoms with Gasteiger partial charge in [0.05, 0.1) is 7.11 Å². The molecule has 1 heterocycles. The van der Waals surface area contributed by atoms with Crippen molar-refractivity contribution in [1.29, 1.82) is 0 Å². The summed E-state index contributed by atoms with van der Waals surface area (Å²) >= 11 is 0. The SMILES string of the molecule is CN=C(NCCCCN1CCCC1)NCCc1ccc(OC)cc1. The highest BCUT2D eigenvalue weighted by molar-refractivity contribution is 5.79. The van der Waals surface area contributed by atoms with Gasteiger partial charge in [-0.1, -0.05) is 12.1 Å². The fourth-order valence-corrected chi connectivity index (χ4v) is 3.01. The van der Waals surface area contributed by atoms with Crippen LogP contribution in [0.1, 0.15) is 31.2 Å². The Balaban J connectivity index is 1.54. The molecule has 0 atom stereocenters. The lowest BCUT2D eigenvalue weighted by atomic mass is 10.1. The summed E-state index contributed by atoms with van der Waals surface area (Å²) in [7, 11) is 3.52. The maximum Gasteiger partial charge on any atom is 0.190 e. The van der Waals surface area contributed by atoms with Crippen LogP contribution in [0.25, 0.3) is 0 Å². The minimum absolute atomic E-state index is 0.875. The van der Waals surface area contributed by atoms with Crippen LogP contribution in [0.3, 0.4) is 0 Å². The molecular weight excluding hydrogens is 300 g/mol. The monoisotopic (exact) mass is 332 g/mol. The summed E-state index contributed by atoms with van der Waals surface area (Å²) in [5.41, 5.74) is 1.30. The van der Waals surface area contributed by atoms with Crippen molar-refractivity contribution in [2.45, 2.75) is 32.1 Å². The predicted molar refractivity (Wildman–Crippen MR) is 101 cm³/mol. The number of nitrogens with one attached hydrogen (secondary N) is 2. The van der Waals surface area contributed by atoms with Crippen molar-refractivity contribution < 1.29 is 4.74 Å². The van der Waals surface area contributed by atoms with Gasteiger partial charge in [-0.3, -0.25) is 4.99 Å². The van der Waals surface area contributed by atoms with Crippen molar-refractivity contribution in [3.63, 3.8) is 0 Å². The summed E-state index contributed by atoms with van der Waals surface area (Å²) in [4.78, 5) is 6.86. The molecule has 2 rings (SSSR count). The molecule has 0 unspecified atom stereocenters. The number of nitrogens with zero attached hydrogens (tertiary/aromatic N) is 2. The van der Waals surface area contributed by atoms with Crippen LogP contribution in [-0.2, 0) is 6.42 Å². The van der Waals surface area contributed by atoms with Gasteiger partial charge in [0, 0.05) is 20.1 Å². The number of unbranched alkanes of at least 4 members (excludes halogenated alkanes) is 1. The summed E-state index contributed by atoms with van der Waals surface area (Å²) in [6, 6.07) is 8.22. The molecule has 0 radical (unpaired) electrons. The Morgan fingerprint density at radius 3 is 2.46 bits per heavy atom. The van der Waals surface area contributed by atoms with E-state index in [2.05, 4.69) is 32.7 Å². The number of guanidine groups is 1. The topological polar surface area (TPSA) is 48.9 Å². The molecule has 5 nitrogen and oxygen atoms in total. The van der Waals surface area contributed by atoms with Crippen LogP contribution in [0.15, 0.2) is 29.3 Å². The van der Waals surface area contributed by atoms with E-state index in [1.54, 1.807) is 7.11 Å². The maximum absolute atomic E-state index is 5.18. The van der Waals surface area contributed by atoms with E-state index in [9.17, 15) is 0 Å². The maximum atomic E-state index is 5.18. The minimum atomic E-state index is 0.875. The quantitative estimate of drug-likeness (QED) is 0.414. The first-order chi connectivity index (χ1) is 11.8. The Kier molecular flexibility index (Phi) is 8.46. The van der Waals surface area contributed by atoms with Gasteiger partial charge in [-0.05, 0) is 69.4 Å². The van der Waals surface area contributed by atoms with Crippen LogP contribution in [0.4, 0.5) is 0 Å². The first kappa shape index (κ1) is 18.6. The van der Waals surface area contributed by atoms with Gasteiger partial charge in [0.1, 0.15) is 5.75 Å². The smallest absolute Gasteiger partial charge is 0.190 e. The minimum Gasteiger partial charge on any atom is -0.497 e. The molecule has 0 aliphatic carbocycles. The molecular formula is C19H32N4O. The molecule has 134 valence electrons. The second kappa shape index (κ2) is 10.9. The van der Waals surface area contributed by atoms with Gasteiger partial charge in [-0.2, -0.15) is 0 Å². The number of hydrogen-bond donors (Lipinski definition) is 2. The van der Waals surface area contributed by atoms with E-state index in [0.29, 0.717) is 0 Å². The van der Waals surface area contributed by atoms with Gasteiger partial charge in [0.15, 0.2) is 5.96 Å². The average Bonchev–Trinajstić information content (AvgIpc) is 3.14. The Hall–Kier alpha value is -1.75. The number of aliphatic imine (C=N–C) groups is 1. The Labute approximate surface area is 146 Å². The van der Waals surface area contributed by atoms with Crippen molar-refractivity contribution in [2.75, 3.05) is 46.9 Å². The fourth-order valence-electron chi connectivity index (χ4n) is 3.01. The van der Waals surface area contributed by atoms with Crippen LogP contribution >= 0.6 is 0 Å². The van der Waals surface area contributed by atoms with Crippen molar-refractivity contribution in [3.8, 4) is 5.75 Å². The molecule has 1 fully saturated rings. The van der Waals surface area contributed by atoms with Gasteiger partial charge in [-0.25, -0.2) is 0 Å². The van der Waals surface area contributed by atoms with Crippen LogP contribution in [0.5, 0.6) is 5.75 Å². The van der Waals surface area contributed by atoms with Crippen LogP contribution in [0.2, 0.25) is 0 Å². The molecule has 0 saturated carbocycles. The second-order valence-corrected chi connectivity index (χ2v) is 6.28. The summed E-state index contributed by atoms with van der Waals surface area (Å²) < 4.78 is 5.18. The van der Waals surface area contributed by atoms with Gasteiger partial charge in [0.25, 0.3) is 0 Å². The lowest BCUT2D eigenvalue weighted by molar-refractivity contribution is 0.330. The number of methoxy groups -OCH3 is 1. The first-order valence-electron chi connectivity index (χ1n) is 9.11.